The van der Waals surface area contributed by atoms with Crippen molar-refractivity contribution in [2.45, 2.75) is 32.6 Å². The molecule has 0 radical (unpaired) electrons. The molecule has 5 nitrogen and oxygen atoms in total. The molecular weight excluding hydrogens is 228 g/mol. The highest BCUT2D eigenvalue weighted by atomic mass is 16.5. The standard InChI is InChI=1S/C13H18N4O/c1-3-4-10(7-14)13-16-12(17-18-13)11-5-6-15-8-9(11)2/h5-6,8,10H,3-4,7,14H2,1-2H3. The van der Waals surface area contributed by atoms with Crippen LogP contribution in [0.3, 0.4) is 0 Å². The first-order valence-electron chi connectivity index (χ1n) is 6.21. The van der Waals surface area contributed by atoms with Crippen molar-refractivity contribution in [2.75, 3.05) is 6.54 Å². The third-order valence-electron chi connectivity index (χ3n) is 2.97. The monoisotopic (exact) mass is 246 g/mol. The fourth-order valence-corrected chi connectivity index (χ4v) is 1.93. The molecule has 1 atom stereocenters. The van der Waals surface area contributed by atoms with E-state index in [1.54, 1.807) is 12.4 Å². The molecule has 2 rings (SSSR count). The van der Waals surface area contributed by atoms with Gasteiger partial charge >= 0.3 is 0 Å². The summed E-state index contributed by atoms with van der Waals surface area (Å²) in [6.07, 6.45) is 5.53. The number of rotatable bonds is 5. The Bertz CT molecular complexity index is 509. The highest BCUT2D eigenvalue weighted by Crippen LogP contribution is 2.23. The SMILES string of the molecule is CCCC(CN)c1nc(-c2ccncc2C)no1. The van der Waals surface area contributed by atoms with Crippen molar-refractivity contribution in [3.05, 3.63) is 29.9 Å². The van der Waals surface area contributed by atoms with Crippen LogP contribution in [0, 0.1) is 6.92 Å². The first-order valence-corrected chi connectivity index (χ1v) is 6.21. The molecule has 96 valence electrons. The van der Waals surface area contributed by atoms with Gasteiger partial charge in [-0.3, -0.25) is 4.98 Å². The van der Waals surface area contributed by atoms with Crippen LogP contribution in [0.1, 0.15) is 37.1 Å². The van der Waals surface area contributed by atoms with Gasteiger partial charge in [-0.15, -0.1) is 0 Å². The van der Waals surface area contributed by atoms with E-state index >= 15 is 0 Å². The molecule has 1 unspecified atom stereocenters. The van der Waals surface area contributed by atoms with Gasteiger partial charge in [0, 0.05) is 24.5 Å². The number of aromatic nitrogens is 3. The Morgan fingerprint density at radius 3 is 2.94 bits per heavy atom. The van der Waals surface area contributed by atoms with E-state index in [1.807, 2.05) is 13.0 Å². The Balaban J connectivity index is 2.28. The van der Waals surface area contributed by atoms with Crippen LogP contribution in [-0.2, 0) is 0 Å². The van der Waals surface area contributed by atoms with Crippen molar-refractivity contribution in [2.24, 2.45) is 5.73 Å². The topological polar surface area (TPSA) is 77.8 Å². The molecule has 0 aliphatic heterocycles. The summed E-state index contributed by atoms with van der Waals surface area (Å²) in [5, 5.41) is 4.03. The molecule has 0 saturated carbocycles. The zero-order chi connectivity index (χ0) is 13.0. The van der Waals surface area contributed by atoms with Crippen LogP contribution in [0.5, 0.6) is 0 Å². The predicted octanol–water partition coefficient (Wildman–Crippen LogP) is 2.28. The number of hydrogen-bond donors (Lipinski definition) is 1. The van der Waals surface area contributed by atoms with E-state index in [0.29, 0.717) is 18.3 Å². The van der Waals surface area contributed by atoms with Gasteiger partial charge in [-0.2, -0.15) is 4.98 Å². The third-order valence-corrected chi connectivity index (χ3v) is 2.97. The number of nitrogens with two attached hydrogens (primary N) is 1. The van der Waals surface area contributed by atoms with Gasteiger partial charge in [-0.25, -0.2) is 0 Å². The Morgan fingerprint density at radius 1 is 1.44 bits per heavy atom. The van der Waals surface area contributed by atoms with Crippen molar-refractivity contribution >= 4 is 0 Å². The number of nitrogens with zero attached hydrogens (tertiary/aromatic N) is 3. The molecule has 2 heterocycles. The Labute approximate surface area is 106 Å². The number of hydrogen-bond acceptors (Lipinski definition) is 5. The summed E-state index contributed by atoms with van der Waals surface area (Å²) in [5.41, 5.74) is 7.71. The molecule has 0 fully saturated rings. The van der Waals surface area contributed by atoms with Crippen LogP contribution >= 0.6 is 0 Å². The molecule has 18 heavy (non-hydrogen) atoms. The summed E-state index contributed by atoms with van der Waals surface area (Å²) >= 11 is 0. The molecule has 0 aliphatic rings. The summed E-state index contributed by atoms with van der Waals surface area (Å²) in [7, 11) is 0. The fraction of sp³-hybridized carbons (Fsp3) is 0.462. The normalized spacial score (nSPS) is 12.6. The molecule has 2 N–H and O–H groups in total. The van der Waals surface area contributed by atoms with Crippen LogP contribution in [0.4, 0.5) is 0 Å². The molecule has 5 heteroatoms. The van der Waals surface area contributed by atoms with Crippen molar-refractivity contribution in [3.8, 4) is 11.4 Å². The van der Waals surface area contributed by atoms with Crippen molar-refractivity contribution in [1.82, 2.24) is 15.1 Å². The fourth-order valence-electron chi connectivity index (χ4n) is 1.93. The molecule has 0 saturated heterocycles. The van der Waals surface area contributed by atoms with Crippen LogP contribution in [0.15, 0.2) is 23.0 Å². The summed E-state index contributed by atoms with van der Waals surface area (Å²) in [5.74, 6) is 1.39. The summed E-state index contributed by atoms with van der Waals surface area (Å²) < 4.78 is 5.32. The average Bonchev–Trinajstić information content (AvgIpc) is 2.85. The van der Waals surface area contributed by atoms with E-state index in [9.17, 15) is 0 Å². The van der Waals surface area contributed by atoms with E-state index < -0.39 is 0 Å². The summed E-state index contributed by atoms with van der Waals surface area (Å²) in [6.45, 7) is 4.63. The zero-order valence-electron chi connectivity index (χ0n) is 10.8. The van der Waals surface area contributed by atoms with Gasteiger partial charge in [-0.05, 0) is 25.0 Å². The second-order valence-electron chi connectivity index (χ2n) is 4.37. The van der Waals surface area contributed by atoms with Gasteiger partial charge in [0.1, 0.15) is 0 Å². The van der Waals surface area contributed by atoms with Gasteiger partial charge in [0.05, 0.1) is 5.92 Å². The second kappa shape index (κ2) is 5.73. The number of aryl methyl sites for hydroxylation is 1. The lowest BCUT2D eigenvalue weighted by Gasteiger charge is -2.06. The first kappa shape index (κ1) is 12.7. The highest BCUT2D eigenvalue weighted by Gasteiger charge is 2.18. The van der Waals surface area contributed by atoms with Gasteiger partial charge in [0.25, 0.3) is 0 Å². The lowest BCUT2D eigenvalue weighted by Crippen LogP contribution is -2.12. The van der Waals surface area contributed by atoms with Crippen LogP contribution in [0.25, 0.3) is 11.4 Å². The van der Waals surface area contributed by atoms with Gasteiger partial charge < -0.3 is 10.3 Å². The Kier molecular flexibility index (Phi) is 4.04. The lowest BCUT2D eigenvalue weighted by atomic mass is 10.0. The minimum absolute atomic E-state index is 0.151. The Hall–Kier alpha value is -1.75. The number of pyridine rings is 1. The maximum Gasteiger partial charge on any atom is 0.231 e. The minimum atomic E-state index is 0.151. The van der Waals surface area contributed by atoms with Gasteiger partial charge in [-0.1, -0.05) is 18.5 Å². The Morgan fingerprint density at radius 2 is 2.28 bits per heavy atom. The molecule has 2 aromatic rings. The quantitative estimate of drug-likeness (QED) is 0.875. The lowest BCUT2D eigenvalue weighted by molar-refractivity contribution is 0.347. The molecule has 0 aromatic carbocycles. The summed E-state index contributed by atoms with van der Waals surface area (Å²) in [4.78, 5) is 8.50. The van der Waals surface area contributed by atoms with Crippen LogP contribution < -0.4 is 5.73 Å². The van der Waals surface area contributed by atoms with Crippen molar-refractivity contribution in [3.63, 3.8) is 0 Å². The highest BCUT2D eigenvalue weighted by molar-refractivity contribution is 5.57. The van der Waals surface area contributed by atoms with E-state index in [2.05, 4.69) is 22.0 Å². The molecule has 0 spiro atoms. The van der Waals surface area contributed by atoms with Crippen LogP contribution in [-0.4, -0.2) is 21.7 Å². The van der Waals surface area contributed by atoms with Gasteiger partial charge in [0.15, 0.2) is 0 Å². The summed E-state index contributed by atoms with van der Waals surface area (Å²) in [6, 6.07) is 1.89. The molecule has 0 amide bonds. The smallest absolute Gasteiger partial charge is 0.231 e. The third kappa shape index (κ3) is 2.56. The molecule has 0 bridgehead atoms. The molecule has 0 aliphatic carbocycles. The largest absolute Gasteiger partial charge is 0.339 e. The van der Waals surface area contributed by atoms with Crippen molar-refractivity contribution in [1.29, 1.82) is 0 Å². The minimum Gasteiger partial charge on any atom is -0.339 e. The molecular formula is C13H18N4O. The second-order valence-corrected chi connectivity index (χ2v) is 4.37. The predicted molar refractivity (Wildman–Crippen MR) is 69.0 cm³/mol. The maximum atomic E-state index is 5.73. The molecule has 2 aromatic heterocycles. The zero-order valence-corrected chi connectivity index (χ0v) is 10.8. The van der Waals surface area contributed by atoms with Crippen LogP contribution in [0.2, 0.25) is 0 Å². The maximum absolute atomic E-state index is 5.73. The van der Waals surface area contributed by atoms with E-state index in [-0.39, 0.29) is 5.92 Å². The van der Waals surface area contributed by atoms with Crippen molar-refractivity contribution < 1.29 is 4.52 Å². The van der Waals surface area contributed by atoms with E-state index in [4.69, 9.17) is 10.3 Å². The van der Waals surface area contributed by atoms with Gasteiger partial charge in [0.2, 0.25) is 11.7 Å². The van der Waals surface area contributed by atoms with E-state index in [1.165, 1.54) is 0 Å². The van der Waals surface area contributed by atoms with E-state index in [0.717, 1.165) is 24.0 Å². The first-order chi connectivity index (χ1) is 8.76. The average molecular weight is 246 g/mol.